The Labute approximate surface area is 98.8 Å². The third kappa shape index (κ3) is 2.59. The Morgan fingerprint density at radius 3 is 3.18 bits per heavy atom. The summed E-state index contributed by atoms with van der Waals surface area (Å²) < 4.78 is 13.0. The van der Waals surface area contributed by atoms with Crippen LogP contribution in [0.4, 0.5) is 4.39 Å². The summed E-state index contributed by atoms with van der Waals surface area (Å²) in [6.45, 7) is 2.37. The summed E-state index contributed by atoms with van der Waals surface area (Å²) in [6.07, 6.45) is 2.45. The van der Waals surface area contributed by atoms with Gasteiger partial charge in [-0.25, -0.2) is 4.39 Å². The number of piperazine rings is 1. The molecule has 1 atom stereocenters. The molecule has 1 aliphatic heterocycles. The molecule has 2 heterocycles. The van der Waals surface area contributed by atoms with Gasteiger partial charge in [-0.3, -0.25) is 9.78 Å². The summed E-state index contributed by atoms with van der Waals surface area (Å²) in [6, 6.07) is 1.16. The van der Waals surface area contributed by atoms with E-state index in [1.165, 1.54) is 12.3 Å². The molecule has 1 aromatic heterocycles. The fraction of sp³-hybridized carbons (Fsp3) is 0.455. The molecular weight excluding hydrogens is 223 g/mol. The lowest BCUT2D eigenvalue weighted by Crippen LogP contribution is -2.56. The first kappa shape index (κ1) is 11.9. The molecule has 0 bridgehead atoms. The molecule has 0 aliphatic carbocycles. The van der Waals surface area contributed by atoms with Crippen LogP contribution in [0.15, 0.2) is 18.5 Å². The van der Waals surface area contributed by atoms with Gasteiger partial charge in [-0.05, 0) is 6.07 Å². The molecule has 1 fully saturated rings. The van der Waals surface area contributed by atoms with Gasteiger partial charge in [0.2, 0.25) is 0 Å². The number of hydrogen-bond donors (Lipinski definition) is 2. The van der Waals surface area contributed by atoms with Gasteiger partial charge in [-0.15, -0.1) is 0 Å². The molecule has 17 heavy (non-hydrogen) atoms. The van der Waals surface area contributed by atoms with E-state index in [9.17, 15) is 9.18 Å². The van der Waals surface area contributed by atoms with E-state index in [4.69, 9.17) is 5.73 Å². The van der Waals surface area contributed by atoms with Gasteiger partial charge in [0.15, 0.2) is 0 Å². The third-order valence-corrected chi connectivity index (χ3v) is 2.83. The fourth-order valence-electron chi connectivity index (χ4n) is 1.93. The maximum Gasteiger partial charge on any atom is 0.255 e. The molecule has 0 aromatic carbocycles. The monoisotopic (exact) mass is 238 g/mol. The SMILES string of the molecule is NCC1CNCCN1C(=O)c1cncc(F)c1. The topological polar surface area (TPSA) is 71.2 Å². The van der Waals surface area contributed by atoms with Crippen molar-refractivity contribution in [2.45, 2.75) is 6.04 Å². The van der Waals surface area contributed by atoms with Crippen LogP contribution in [-0.2, 0) is 0 Å². The highest BCUT2D eigenvalue weighted by atomic mass is 19.1. The number of nitrogens with one attached hydrogen (secondary N) is 1. The smallest absolute Gasteiger partial charge is 0.255 e. The summed E-state index contributed by atoms with van der Waals surface area (Å²) in [7, 11) is 0. The zero-order valence-electron chi connectivity index (χ0n) is 9.40. The molecular formula is C11H15FN4O. The fourth-order valence-corrected chi connectivity index (χ4v) is 1.93. The highest BCUT2D eigenvalue weighted by Gasteiger charge is 2.26. The first-order valence-corrected chi connectivity index (χ1v) is 5.54. The average Bonchev–Trinajstić information content (AvgIpc) is 2.38. The molecule has 5 nitrogen and oxygen atoms in total. The number of hydrogen-bond acceptors (Lipinski definition) is 4. The number of nitrogens with zero attached hydrogens (tertiary/aromatic N) is 2. The standard InChI is InChI=1S/C11H15FN4O/c12-9-3-8(5-15-6-9)11(17)16-2-1-14-7-10(16)4-13/h3,5-6,10,14H,1-2,4,7,13H2. The van der Waals surface area contributed by atoms with Crippen LogP contribution < -0.4 is 11.1 Å². The van der Waals surface area contributed by atoms with E-state index in [0.29, 0.717) is 19.6 Å². The average molecular weight is 238 g/mol. The van der Waals surface area contributed by atoms with Crippen LogP contribution in [0, 0.1) is 5.82 Å². The molecule has 0 saturated carbocycles. The maximum absolute atomic E-state index is 13.0. The number of rotatable bonds is 2. The number of halogens is 1. The molecule has 1 unspecified atom stereocenters. The first-order valence-electron chi connectivity index (χ1n) is 5.54. The zero-order valence-corrected chi connectivity index (χ0v) is 9.40. The number of nitrogens with two attached hydrogens (primary N) is 1. The Balaban J connectivity index is 2.18. The van der Waals surface area contributed by atoms with E-state index in [0.717, 1.165) is 12.7 Å². The number of carbonyl (C=O) groups is 1. The summed E-state index contributed by atoms with van der Waals surface area (Å²) >= 11 is 0. The second-order valence-electron chi connectivity index (χ2n) is 3.98. The molecule has 2 rings (SSSR count). The zero-order chi connectivity index (χ0) is 12.3. The van der Waals surface area contributed by atoms with Crippen molar-refractivity contribution in [2.75, 3.05) is 26.2 Å². The molecule has 0 radical (unpaired) electrons. The van der Waals surface area contributed by atoms with Crippen LogP contribution in [-0.4, -0.2) is 48.0 Å². The van der Waals surface area contributed by atoms with E-state index in [-0.39, 0.29) is 17.5 Å². The second kappa shape index (κ2) is 5.20. The number of pyridine rings is 1. The summed E-state index contributed by atoms with van der Waals surface area (Å²) in [5.74, 6) is -0.718. The molecule has 3 N–H and O–H groups in total. The lowest BCUT2D eigenvalue weighted by Gasteiger charge is -2.35. The molecule has 1 aliphatic rings. The van der Waals surface area contributed by atoms with Gasteiger partial charge < -0.3 is 16.0 Å². The van der Waals surface area contributed by atoms with Crippen molar-refractivity contribution >= 4 is 5.91 Å². The summed E-state index contributed by atoms with van der Waals surface area (Å²) in [5.41, 5.74) is 5.88. The van der Waals surface area contributed by atoms with Gasteiger partial charge in [0.25, 0.3) is 5.91 Å². The normalized spacial score (nSPS) is 20.4. The van der Waals surface area contributed by atoms with Gasteiger partial charge >= 0.3 is 0 Å². The van der Waals surface area contributed by atoms with Gasteiger partial charge in [-0.1, -0.05) is 0 Å². The largest absolute Gasteiger partial charge is 0.332 e. The lowest BCUT2D eigenvalue weighted by molar-refractivity contribution is 0.0644. The van der Waals surface area contributed by atoms with Crippen LogP contribution in [0.1, 0.15) is 10.4 Å². The van der Waals surface area contributed by atoms with Crippen molar-refractivity contribution in [1.29, 1.82) is 0 Å². The minimum Gasteiger partial charge on any atom is -0.332 e. The predicted molar refractivity (Wildman–Crippen MR) is 60.9 cm³/mol. The van der Waals surface area contributed by atoms with E-state index < -0.39 is 5.82 Å². The van der Waals surface area contributed by atoms with Crippen LogP contribution in [0.5, 0.6) is 0 Å². The number of carbonyl (C=O) groups excluding carboxylic acids is 1. The predicted octanol–water partition coefficient (Wildman–Crippen LogP) is -0.407. The highest BCUT2D eigenvalue weighted by molar-refractivity contribution is 5.94. The van der Waals surface area contributed by atoms with Crippen molar-refractivity contribution in [1.82, 2.24) is 15.2 Å². The molecule has 6 heteroatoms. The van der Waals surface area contributed by atoms with E-state index in [1.54, 1.807) is 4.90 Å². The van der Waals surface area contributed by atoms with Gasteiger partial charge in [0, 0.05) is 32.4 Å². The Hall–Kier alpha value is -1.53. The van der Waals surface area contributed by atoms with Gasteiger partial charge in [0.1, 0.15) is 5.82 Å². The van der Waals surface area contributed by atoms with Crippen LogP contribution in [0.3, 0.4) is 0 Å². The van der Waals surface area contributed by atoms with E-state index in [2.05, 4.69) is 10.3 Å². The lowest BCUT2D eigenvalue weighted by atomic mass is 10.1. The Morgan fingerprint density at radius 1 is 1.65 bits per heavy atom. The Kier molecular flexibility index (Phi) is 3.65. The molecule has 1 saturated heterocycles. The minimum atomic E-state index is -0.504. The van der Waals surface area contributed by atoms with Crippen molar-refractivity contribution in [3.05, 3.63) is 29.8 Å². The molecule has 92 valence electrons. The van der Waals surface area contributed by atoms with Crippen LogP contribution in [0.2, 0.25) is 0 Å². The molecule has 0 spiro atoms. The van der Waals surface area contributed by atoms with Crippen LogP contribution >= 0.6 is 0 Å². The minimum absolute atomic E-state index is 0.0421. The van der Waals surface area contributed by atoms with Crippen LogP contribution in [0.25, 0.3) is 0 Å². The van der Waals surface area contributed by atoms with Crippen molar-refractivity contribution in [3.63, 3.8) is 0 Å². The van der Waals surface area contributed by atoms with E-state index in [1.807, 2.05) is 0 Å². The molecule has 1 aromatic rings. The first-order chi connectivity index (χ1) is 8.22. The van der Waals surface area contributed by atoms with Gasteiger partial charge in [-0.2, -0.15) is 0 Å². The Morgan fingerprint density at radius 2 is 2.47 bits per heavy atom. The third-order valence-electron chi connectivity index (χ3n) is 2.83. The van der Waals surface area contributed by atoms with Crippen molar-refractivity contribution in [2.24, 2.45) is 5.73 Å². The number of aromatic nitrogens is 1. The van der Waals surface area contributed by atoms with E-state index >= 15 is 0 Å². The van der Waals surface area contributed by atoms with Crippen molar-refractivity contribution < 1.29 is 9.18 Å². The second-order valence-corrected chi connectivity index (χ2v) is 3.98. The number of amides is 1. The van der Waals surface area contributed by atoms with Gasteiger partial charge in [0.05, 0.1) is 17.8 Å². The van der Waals surface area contributed by atoms with Crippen molar-refractivity contribution in [3.8, 4) is 0 Å². The highest BCUT2D eigenvalue weighted by Crippen LogP contribution is 2.10. The Bertz CT molecular complexity index is 412. The molecule has 1 amide bonds. The maximum atomic E-state index is 13.0. The summed E-state index contributed by atoms with van der Waals surface area (Å²) in [5, 5.41) is 3.17. The summed E-state index contributed by atoms with van der Waals surface area (Å²) in [4.78, 5) is 17.5. The quantitative estimate of drug-likeness (QED) is 0.735.